The van der Waals surface area contributed by atoms with Gasteiger partial charge in [-0.05, 0) is 36.6 Å². The van der Waals surface area contributed by atoms with Gasteiger partial charge >= 0.3 is 12.1 Å². The first-order valence-corrected chi connectivity index (χ1v) is 12.0. The third kappa shape index (κ3) is 4.48. The molecule has 8 nitrogen and oxygen atoms in total. The van der Waals surface area contributed by atoms with Crippen LogP contribution in [0.25, 0.3) is 0 Å². The van der Waals surface area contributed by atoms with Crippen molar-refractivity contribution in [3.8, 4) is 0 Å². The molecule has 0 radical (unpaired) electrons. The predicted molar refractivity (Wildman–Crippen MR) is 123 cm³/mol. The van der Waals surface area contributed by atoms with Gasteiger partial charge in [0.15, 0.2) is 5.13 Å². The fraction of sp³-hybridized carbons (Fsp3) is 0.450. The molecule has 1 saturated heterocycles. The molecule has 31 heavy (non-hydrogen) atoms. The SMILES string of the molecule is COC(=O)N1CCC2(C1)CN(C(=O)Nc1ncc(SCCCO)s1)c1ccc(Cl)cc12. The summed E-state index contributed by atoms with van der Waals surface area (Å²) >= 11 is 9.28. The molecule has 1 aromatic heterocycles. The molecule has 2 aromatic rings. The summed E-state index contributed by atoms with van der Waals surface area (Å²) in [6.45, 7) is 1.64. The fourth-order valence-corrected chi connectivity index (χ4v) is 6.15. The highest BCUT2D eigenvalue weighted by molar-refractivity contribution is 8.01. The molecule has 3 amide bonds. The molecule has 2 aliphatic heterocycles. The van der Waals surface area contributed by atoms with Gasteiger partial charge in [0.05, 0.1) is 17.5 Å². The van der Waals surface area contributed by atoms with E-state index in [-0.39, 0.29) is 24.1 Å². The Balaban J connectivity index is 1.52. The number of carbonyl (C=O) groups is 2. The third-order valence-corrected chi connectivity index (χ3v) is 7.99. The molecular formula is C20H23ClN4O4S2. The number of aliphatic hydroxyl groups is 1. The van der Waals surface area contributed by atoms with Crippen LogP contribution in [0.4, 0.5) is 20.4 Å². The quantitative estimate of drug-likeness (QED) is 0.493. The number of rotatable bonds is 5. The minimum atomic E-state index is -0.375. The van der Waals surface area contributed by atoms with Gasteiger partial charge in [0, 0.05) is 48.1 Å². The van der Waals surface area contributed by atoms with Crippen LogP contribution in [0.15, 0.2) is 28.6 Å². The molecule has 166 valence electrons. The molecule has 11 heteroatoms. The molecule has 0 bridgehead atoms. The first-order valence-electron chi connectivity index (χ1n) is 9.87. The molecular weight excluding hydrogens is 460 g/mol. The van der Waals surface area contributed by atoms with Crippen molar-refractivity contribution in [2.24, 2.45) is 0 Å². The smallest absolute Gasteiger partial charge is 0.409 e. The lowest BCUT2D eigenvalue weighted by Crippen LogP contribution is -2.41. The second kappa shape index (κ2) is 9.23. The molecule has 0 aliphatic carbocycles. The van der Waals surface area contributed by atoms with E-state index < -0.39 is 0 Å². The Morgan fingerprint density at radius 2 is 2.26 bits per heavy atom. The standard InChI is InChI=1S/C20H23ClN4O4S2/c1-29-19(28)24-6-5-20(11-24)12-25(15-4-3-13(21)9-14(15)20)18(27)23-17-22-10-16(31-17)30-8-2-7-26/h3-4,9-10,26H,2,5-8,11-12H2,1H3,(H,22,23,27). The van der Waals surface area contributed by atoms with Crippen molar-refractivity contribution in [3.63, 3.8) is 0 Å². The molecule has 1 fully saturated rings. The first-order chi connectivity index (χ1) is 15.0. The number of likely N-dealkylation sites (tertiary alicyclic amines) is 1. The van der Waals surface area contributed by atoms with Gasteiger partial charge in [-0.1, -0.05) is 22.9 Å². The number of aromatic nitrogens is 1. The largest absolute Gasteiger partial charge is 0.453 e. The maximum atomic E-state index is 13.1. The number of hydrogen-bond donors (Lipinski definition) is 2. The maximum absolute atomic E-state index is 13.1. The lowest BCUT2D eigenvalue weighted by atomic mass is 9.81. The normalized spacial score (nSPS) is 19.7. The fourth-order valence-electron chi connectivity index (χ4n) is 4.11. The van der Waals surface area contributed by atoms with Gasteiger partial charge in [-0.15, -0.1) is 11.8 Å². The summed E-state index contributed by atoms with van der Waals surface area (Å²) < 4.78 is 5.87. The number of methoxy groups -OCH3 is 1. The number of hydrogen-bond acceptors (Lipinski definition) is 7. The van der Waals surface area contributed by atoms with Gasteiger partial charge in [-0.2, -0.15) is 0 Å². The first kappa shape index (κ1) is 22.2. The van der Waals surface area contributed by atoms with Crippen molar-refractivity contribution < 1.29 is 19.4 Å². The number of amides is 3. The van der Waals surface area contributed by atoms with Gasteiger partial charge in [-0.25, -0.2) is 14.6 Å². The Morgan fingerprint density at radius 3 is 3.03 bits per heavy atom. The molecule has 0 saturated carbocycles. The zero-order chi connectivity index (χ0) is 22.0. The van der Waals surface area contributed by atoms with Crippen LogP contribution in [-0.4, -0.2) is 66.2 Å². The predicted octanol–water partition coefficient (Wildman–Crippen LogP) is 4.03. The third-order valence-electron chi connectivity index (χ3n) is 5.56. The number of fused-ring (bicyclic) bond motifs is 2. The van der Waals surface area contributed by atoms with Crippen LogP contribution < -0.4 is 10.2 Å². The van der Waals surface area contributed by atoms with E-state index in [1.165, 1.54) is 18.4 Å². The molecule has 2 N–H and O–H groups in total. The number of halogens is 1. The van der Waals surface area contributed by atoms with E-state index in [1.54, 1.807) is 33.8 Å². The lowest BCUT2D eigenvalue weighted by molar-refractivity contribution is 0.131. The summed E-state index contributed by atoms with van der Waals surface area (Å²) in [4.78, 5) is 32.9. The number of ether oxygens (including phenoxy) is 1. The van der Waals surface area contributed by atoms with Crippen LogP contribution in [0.2, 0.25) is 5.02 Å². The van der Waals surface area contributed by atoms with Crippen molar-refractivity contribution >= 4 is 57.6 Å². The van der Waals surface area contributed by atoms with E-state index >= 15 is 0 Å². The van der Waals surface area contributed by atoms with E-state index in [2.05, 4.69) is 10.3 Å². The van der Waals surface area contributed by atoms with Crippen LogP contribution in [0.3, 0.4) is 0 Å². The van der Waals surface area contributed by atoms with Gasteiger partial charge in [-0.3, -0.25) is 10.2 Å². The average molecular weight is 483 g/mol. The minimum Gasteiger partial charge on any atom is -0.453 e. The molecule has 2 aliphatic rings. The molecule has 1 spiro atoms. The molecule has 1 aromatic carbocycles. The Bertz CT molecular complexity index is 988. The Hall–Kier alpha value is -2.01. The highest BCUT2D eigenvalue weighted by Gasteiger charge is 2.50. The number of benzene rings is 1. The van der Waals surface area contributed by atoms with Crippen molar-refractivity contribution in [1.29, 1.82) is 0 Å². The lowest BCUT2D eigenvalue weighted by Gasteiger charge is -2.25. The zero-order valence-corrected chi connectivity index (χ0v) is 19.4. The maximum Gasteiger partial charge on any atom is 0.409 e. The summed E-state index contributed by atoms with van der Waals surface area (Å²) in [6.07, 6.45) is 2.80. The summed E-state index contributed by atoms with van der Waals surface area (Å²) in [7, 11) is 1.37. The summed E-state index contributed by atoms with van der Waals surface area (Å²) in [5, 5.41) is 12.9. The minimum absolute atomic E-state index is 0.156. The highest BCUT2D eigenvalue weighted by Crippen LogP contribution is 2.47. The number of nitrogens with one attached hydrogen (secondary N) is 1. The number of urea groups is 1. The summed E-state index contributed by atoms with van der Waals surface area (Å²) in [6, 6.07) is 5.25. The monoisotopic (exact) mass is 482 g/mol. The van der Waals surface area contributed by atoms with Crippen LogP contribution >= 0.6 is 34.7 Å². The van der Waals surface area contributed by atoms with Crippen molar-refractivity contribution in [3.05, 3.63) is 35.0 Å². The second-order valence-corrected chi connectivity index (χ2v) is 10.4. The van der Waals surface area contributed by atoms with Gasteiger partial charge in [0.1, 0.15) is 0 Å². The number of nitrogens with zero attached hydrogens (tertiary/aromatic N) is 3. The average Bonchev–Trinajstić information content (AvgIpc) is 3.47. The molecule has 3 heterocycles. The Morgan fingerprint density at radius 1 is 1.42 bits per heavy atom. The van der Waals surface area contributed by atoms with Crippen molar-refractivity contribution in [2.75, 3.05) is 49.3 Å². The van der Waals surface area contributed by atoms with Crippen molar-refractivity contribution in [1.82, 2.24) is 9.88 Å². The van der Waals surface area contributed by atoms with E-state index in [4.69, 9.17) is 21.4 Å². The van der Waals surface area contributed by atoms with Crippen LogP contribution in [-0.2, 0) is 10.2 Å². The highest BCUT2D eigenvalue weighted by atomic mass is 35.5. The van der Waals surface area contributed by atoms with E-state index in [9.17, 15) is 9.59 Å². The molecule has 4 rings (SSSR count). The topological polar surface area (TPSA) is 95.0 Å². The van der Waals surface area contributed by atoms with Crippen molar-refractivity contribution in [2.45, 2.75) is 22.5 Å². The van der Waals surface area contributed by atoms with Crippen LogP contribution in [0.5, 0.6) is 0 Å². The number of anilines is 2. The number of thioether (sulfide) groups is 1. The zero-order valence-electron chi connectivity index (χ0n) is 17.0. The van der Waals surface area contributed by atoms with Crippen LogP contribution in [0, 0.1) is 0 Å². The van der Waals surface area contributed by atoms with Crippen LogP contribution in [0.1, 0.15) is 18.4 Å². The Kier molecular flexibility index (Phi) is 6.61. The summed E-state index contributed by atoms with van der Waals surface area (Å²) in [5.74, 6) is 0.797. The molecule has 1 atom stereocenters. The number of aliphatic hydroxyl groups excluding tert-OH is 1. The summed E-state index contributed by atoms with van der Waals surface area (Å²) in [5.41, 5.74) is 1.39. The second-order valence-electron chi connectivity index (χ2n) is 7.51. The number of thiazole rings is 1. The number of carbonyl (C=O) groups excluding carboxylic acids is 2. The Labute approximate surface area is 193 Å². The molecule has 1 unspecified atom stereocenters. The van der Waals surface area contributed by atoms with E-state index in [0.717, 1.165) is 27.6 Å². The van der Waals surface area contributed by atoms with E-state index in [1.807, 2.05) is 12.1 Å². The van der Waals surface area contributed by atoms with Gasteiger partial charge in [0.2, 0.25) is 0 Å². The van der Waals surface area contributed by atoms with Gasteiger partial charge < -0.3 is 14.7 Å². The van der Waals surface area contributed by atoms with Gasteiger partial charge in [0.25, 0.3) is 0 Å². The van der Waals surface area contributed by atoms with E-state index in [0.29, 0.717) is 36.2 Å².